The largest absolute Gasteiger partial charge is 0.329 e. The summed E-state index contributed by atoms with van der Waals surface area (Å²) in [4.78, 5) is 22.1. The highest BCUT2D eigenvalue weighted by atomic mass is 35.5. The molecule has 1 aromatic carbocycles. The first kappa shape index (κ1) is 20.7. The van der Waals surface area contributed by atoms with Gasteiger partial charge in [0.05, 0.1) is 22.7 Å². The first-order chi connectivity index (χ1) is 13.1. The predicted octanol–water partition coefficient (Wildman–Crippen LogP) is 1.36. The Labute approximate surface area is 168 Å². The summed E-state index contributed by atoms with van der Waals surface area (Å²) in [5.74, 6) is -0.807. The summed E-state index contributed by atoms with van der Waals surface area (Å²) >= 11 is 6.07. The number of aromatic nitrogens is 2. The van der Waals surface area contributed by atoms with Gasteiger partial charge in [-0.1, -0.05) is 41.9 Å². The molecule has 0 bridgehead atoms. The molecule has 0 spiro atoms. The van der Waals surface area contributed by atoms with Crippen LogP contribution in [0, 0.1) is 0 Å². The summed E-state index contributed by atoms with van der Waals surface area (Å²) in [6.07, 6.45) is 2.28. The fraction of sp³-hybridized carbons (Fsp3) is 0.353. The number of benzene rings is 1. The third-order valence-corrected chi connectivity index (χ3v) is 7.25. The minimum atomic E-state index is -3.75. The van der Waals surface area contributed by atoms with Crippen molar-refractivity contribution >= 4 is 37.2 Å². The highest BCUT2D eigenvalue weighted by Crippen LogP contribution is 2.24. The van der Waals surface area contributed by atoms with Crippen LogP contribution in [-0.4, -0.2) is 61.4 Å². The summed E-state index contributed by atoms with van der Waals surface area (Å²) < 4.78 is 47.4. The van der Waals surface area contributed by atoms with Gasteiger partial charge in [0.25, 0.3) is 5.91 Å². The van der Waals surface area contributed by atoms with E-state index in [4.69, 9.17) is 11.6 Å². The summed E-state index contributed by atoms with van der Waals surface area (Å²) in [6.45, 7) is 0.147. The van der Waals surface area contributed by atoms with Gasteiger partial charge in [0.2, 0.25) is 15.0 Å². The summed E-state index contributed by atoms with van der Waals surface area (Å²) in [7, 11) is -6.99. The number of halogens is 1. The van der Waals surface area contributed by atoms with Gasteiger partial charge in [0.1, 0.15) is 0 Å². The van der Waals surface area contributed by atoms with Crippen molar-refractivity contribution in [1.29, 1.82) is 0 Å². The quantitative estimate of drug-likeness (QED) is 0.641. The molecule has 0 N–H and O–H groups in total. The Hall–Kier alpha value is -2.04. The molecule has 0 radical (unpaired) electrons. The van der Waals surface area contributed by atoms with Gasteiger partial charge in [-0.05, 0) is 12.0 Å². The van der Waals surface area contributed by atoms with Crippen molar-refractivity contribution in [3.8, 4) is 0 Å². The molecule has 0 unspecified atom stereocenters. The number of carbonyl (C=O) groups excluding carboxylic acids is 1. The van der Waals surface area contributed by atoms with Crippen LogP contribution >= 0.6 is 11.6 Å². The molecule has 2 aromatic rings. The minimum absolute atomic E-state index is 0.0116. The molecule has 11 heteroatoms. The van der Waals surface area contributed by atoms with Crippen molar-refractivity contribution in [2.45, 2.75) is 24.2 Å². The van der Waals surface area contributed by atoms with Gasteiger partial charge in [0.15, 0.2) is 15.5 Å². The number of nitrogens with zero attached hydrogens (tertiary/aromatic N) is 3. The minimum Gasteiger partial charge on any atom is -0.329 e. The number of hydrogen-bond donors (Lipinski definition) is 0. The average molecular weight is 444 g/mol. The van der Waals surface area contributed by atoms with Gasteiger partial charge in [-0.3, -0.25) is 4.79 Å². The van der Waals surface area contributed by atoms with Gasteiger partial charge >= 0.3 is 0 Å². The van der Waals surface area contributed by atoms with Crippen LogP contribution in [0.25, 0.3) is 0 Å². The normalized spacial score (nSPS) is 18.7. The molecular weight excluding hydrogens is 426 g/mol. The zero-order valence-electron chi connectivity index (χ0n) is 14.9. The second kappa shape index (κ2) is 7.76. The van der Waals surface area contributed by atoms with E-state index in [1.807, 2.05) is 30.3 Å². The molecule has 1 amide bonds. The monoisotopic (exact) mass is 443 g/mol. The summed E-state index contributed by atoms with van der Waals surface area (Å²) in [5, 5.41) is -0.615. The van der Waals surface area contributed by atoms with Crippen LogP contribution < -0.4 is 0 Å². The van der Waals surface area contributed by atoms with E-state index in [1.165, 1.54) is 4.90 Å². The fourth-order valence-corrected chi connectivity index (χ4v) is 5.39. The molecule has 0 aliphatic carbocycles. The number of carbonyl (C=O) groups is 1. The van der Waals surface area contributed by atoms with Crippen LogP contribution in [0.2, 0.25) is 5.02 Å². The first-order valence-electron chi connectivity index (χ1n) is 8.35. The van der Waals surface area contributed by atoms with E-state index < -0.39 is 36.8 Å². The van der Waals surface area contributed by atoms with Crippen molar-refractivity contribution in [2.75, 3.05) is 17.8 Å². The highest BCUT2D eigenvalue weighted by molar-refractivity contribution is 7.91. The van der Waals surface area contributed by atoms with E-state index in [1.54, 1.807) is 0 Å². The Kier molecular flexibility index (Phi) is 5.74. The highest BCUT2D eigenvalue weighted by Gasteiger charge is 2.36. The average Bonchev–Trinajstić information content (AvgIpc) is 2.99. The lowest BCUT2D eigenvalue weighted by Gasteiger charge is -2.28. The topological polar surface area (TPSA) is 114 Å². The van der Waals surface area contributed by atoms with Gasteiger partial charge in [0, 0.05) is 18.8 Å². The third-order valence-electron chi connectivity index (χ3n) is 4.36. The summed E-state index contributed by atoms with van der Waals surface area (Å²) in [6, 6.07) is 8.52. The van der Waals surface area contributed by atoms with Crippen molar-refractivity contribution in [3.63, 3.8) is 0 Å². The maximum Gasteiger partial charge on any atom is 0.274 e. The van der Waals surface area contributed by atoms with Crippen LogP contribution in [-0.2, 0) is 26.2 Å². The molecule has 1 atom stereocenters. The zero-order chi connectivity index (χ0) is 20.5. The standard InChI is InChI=1S/C17H18ClN3O5S2/c1-27(23,24)17-19-9-14(18)15(20-17)16(22)21(10-12-5-3-2-4-6-12)13-7-8-28(25,26)11-13/h2-6,9,13H,7-8,10-11H2,1H3/t13-/m0/s1. The Morgan fingerprint density at radius 1 is 1.29 bits per heavy atom. The van der Waals surface area contributed by atoms with E-state index in [2.05, 4.69) is 9.97 Å². The molecule has 150 valence electrons. The number of sulfone groups is 2. The van der Waals surface area contributed by atoms with Crippen LogP contribution in [0.4, 0.5) is 0 Å². The van der Waals surface area contributed by atoms with E-state index >= 15 is 0 Å². The van der Waals surface area contributed by atoms with E-state index in [-0.39, 0.29) is 28.8 Å². The van der Waals surface area contributed by atoms with Crippen molar-refractivity contribution in [1.82, 2.24) is 14.9 Å². The van der Waals surface area contributed by atoms with Crippen molar-refractivity contribution in [2.24, 2.45) is 0 Å². The van der Waals surface area contributed by atoms with E-state index in [9.17, 15) is 21.6 Å². The maximum atomic E-state index is 13.2. The molecule has 1 aromatic heterocycles. The predicted molar refractivity (Wildman–Crippen MR) is 104 cm³/mol. The molecule has 0 saturated carbocycles. The lowest BCUT2D eigenvalue weighted by atomic mass is 10.1. The second-order valence-corrected chi connectivity index (χ2v) is 11.1. The van der Waals surface area contributed by atoms with Crippen molar-refractivity contribution in [3.05, 3.63) is 52.8 Å². The molecule has 1 aliphatic rings. The maximum absolute atomic E-state index is 13.2. The second-order valence-electron chi connectivity index (χ2n) is 6.60. The SMILES string of the molecule is CS(=O)(=O)c1ncc(Cl)c(C(=O)N(Cc2ccccc2)[C@H]2CCS(=O)(=O)C2)n1. The van der Waals surface area contributed by atoms with Crippen LogP contribution in [0.3, 0.4) is 0 Å². The molecule has 28 heavy (non-hydrogen) atoms. The van der Waals surface area contributed by atoms with Crippen LogP contribution in [0.15, 0.2) is 41.7 Å². The lowest BCUT2D eigenvalue weighted by molar-refractivity contribution is 0.0674. The molecule has 8 nitrogen and oxygen atoms in total. The Balaban J connectivity index is 2.01. The van der Waals surface area contributed by atoms with Gasteiger partial charge in [-0.15, -0.1) is 0 Å². The zero-order valence-corrected chi connectivity index (χ0v) is 17.3. The lowest BCUT2D eigenvalue weighted by Crippen LogP contribution is -2.41. The molecular formula is C17H18ClN3O5S2. The Morgan fingerprint density at radius 2 is 1.96 bits per heavy atom. The van der Waals surface area contributed by atoms with Crippen LogP contribution in [0.5, 0.6) is 0 Å². The van der Waals surface area contributed by atoms with Gasteiger partial charge in [-0.25, -0.2) is 26.8 Å². The third kappa shape index (κ3) is 4.68. The first-order valence-corrected chi connectivity index (χ1v) is 12.4. The summed E-state index contributed by atoms with van der Waals surface area (Å²) in [5.41, 5.74) is 0.533. The fourth-order valence-electron chi connectivity index (χ4n) is 2.98. The van der Waals surface area contributed by atoms with E-state index in [0.29, 0.717) is 6.42 Å². The Morgan fingerprint density at radius 3 is 2.54 bits per heavy atom. The number of rotatable bonds is 5. The van der Waals surface area contributed by atoms with E-state index in [0.717, 1.165) is 18.0 Å². The molecule has 1 saturated heterocycles. The molecule has 2 heterocycles. The molecule has 1 fully saturated rings. The van der Waals surface area contributed by atoms with Gasteiger partial charge in [-0.2, -0.15) is 0 Å². The number of hydrogen-bond acceptors (Lipinski definition) is 7. The van der Waals surface area contributed by atoms with Crippen molar-refractivity contribution < 1.29 is 21.6 Å². The molecule has 1 aliphatic heterocycles. The smallest absolute Gasteiger partial charge is 0.274 e. The Bertz CT molecular complexity index is 1100. The van der Waals surface area contributed by atoms with Crippen LogP contribution in [0.1, 0.15) is 22.5 Å². The van der Waals surface area contributed by atoms with Gasteiger partial charge < -0.3 is 4.90 Å². The molecule has 3 rings (SSSR count). The number of amides is 1.